The molecule has 2 aliphatic heterocycles. The molecule has 15 nitrogen and oxygen atoms in total. The molecule has 2 aliphatic rings. The summed E-state index contributed by atoms with van der Waals surface area (Å²) < 4.78 is 55.7. The summed E-state index contributed by atoms with van der Waals surface area (Å²) in [5.74, 6) is -0.760. The highest BCUT2D eigenvalue weighted by Crippen LogP contribution is 2.30. The van der Waals surface area contributed by atoms with Crippen LogP contribution < -0.4 is 20.2 Å². The largest absolute Gasteiger partial charge is 0.488 e. The Balaban J connectivity index is 0.989. The van der Waals surface area contributed by atoms with E-state index in [0.717, 1.165) is 17.4 Å². The van der Waals surface area contributed by atoms with E-state index in [9.17, 15) is 14.0 Å². The summed E-state index contributed by atoms with van der Waals surface area (Å²) in [6.07, 6.45) is 1.02. The monoisotopic (exact) mass is 713 g/mol. The van der Waals surface area contributed by atoms with Crippen LogP contribution in [0.3, 0.4) is 0 Å². The average Bonchev–Trinajstić information content (AvgIpc) is 3.83. The minimum absolute atomic E-state index is 0.0556. The van der Waals surface area contributed by atoms with Crippen LogP contribution in [0.15, 0.2) is 39.7 Å². The van der Waals surface area contributed by atoms with Gasteiger partial charge in [-0.3, -0.25) is 19.2 Å². The molecule has 2 fully saturated rings. The van der Waals surface area contributed by atoms with Gasteiger partial charge in [-0.15, -0.1) is 5.10 Å². The third kappa shape index (κ3) is 6.82. The van der Waals surface area contributed by atoms with Crippen molar-refractivity contribution in [3.8, 4) is 17.3 Å². The molecule has 4 aromatic heterocycles. The Labute approximate surface area is 288 Å². The van der Waals surface area contributed by atoms with Crippen LogP contribution >= 0.6 is 11.3 Å². The summed E-state index contributed by atoms with van der Waals surface area (Å²) >= 11 is 1.02. The van der Waals surface area contributed by atoms with E-state index < -0.39 is 29.4 Å². The number of rotatable bonds is 8. The minimum atomic E-state index is -0.839. The molecule has 6 heterocycles. The van der Waals surface area contributed by atoms with Crippen LogP contribution in [0.5, 0.6) is 5.75 Å². The molecule has 0 spiro atoms. The number of halogens is 2. The predicted molar refractivity (Wildman–Crippen MR) is 181 cm³/mol. The van der Waals surface area contributed by atoms with E-state index >= 15 is 4.39 Å². The Kier molecular flexibility index (Phi) is 9.08. The SMILES string of the molecule is CC(C)(C)OC(=O)N1CCOCC1COc1cc(N2CCN(CCn3c(=O)sc4c3nc(N)n3nc(-c5ccco5)nc43)CC2)c(F)cc1F. The number of carbonyl (C=O) groups excluding carboxylic acids is 1. The van der Waals surface area contributed by atoms with Gasteiger partial charge in [-0.1, -0.05) is 11.3 Å². The molecule has 1 unspecified atom stereocenters. The Morgan fingerprint density at radius 3 is 2.62 bits per heavy atom. The maximum atomic E-state index is 15.1. The highest BCUT2D eigenvalue weighted by molar-refractivity contribution is 7.17. The van der Waals surface area contributed by atoms with E-state index in [0.29, 0.717) is 80.0 Å². The molecular formula is C32H37F2N9O6S. The first-order chi connectivity index (χ1) is 23.9. The lowest BCUT2D eigenvalue weighted by molar-refractivity contribution is -0.0420. The summed E-state index contributed by atoms with van der Waals surface area (Å²) in [5, 5.41) is 4.39. The molecule has 7 rings (SSSR count). The zero-order valence-electron chi connectivity index (χ0n) is 27.8. The highest BCUT2D eigenvalue weighted by atomic mass is 32.1. The van der Waals surface area contributed by atoms with Gasteiger partial charge in [0.1, 0.15) is 22.7 Å². The molecule has 18 heteroatoms. The normalized spacial score (nSPS) is 17.6. The van der Waals surface area contributed by atoms with Crippen LogP contribution in [0, 0.1) is 11.6 Å². The van der Waals surface area contributed by atoms with Gasteiger partial charge in [0.05, 0.1) is 31.2 Å². The lowest BCUT2D eigenvalue weighted by Gasteiger charge is -2.37. The summed E-state index contributed by atoms with van der Waals surface area (Å²) in [6.45, 7) is 9.11. The fraction of sp³-hybridized carbons (Fsp3) is 0.469. The Hall–Kier alpha value is -4.81. The number of piperazine rings is 1. The Morgan fingerprint density at radius 2 is 1.88 bits per heavy atom. The third-order valence-corrected chi connectivity index (χ3v) is 9.46. The standard InChI is InChI=1S/C32H37F2N9O6S/c1-32(2,3)49-30(44)41-12-14-46-17-19(41)18-48-24-16-22(20(33)15-21(24)34)40-9-6-39(7-10-40)8-11-42-27-25(50-31(42)45)28-36-26(23-5-4-13-47-23)38-43(28)29(35)37-27/h4-5,13,15-16,19H,6-12,14,17-18H2,1-3H3,(H2,35,37). The van der Waals surface area contributed by atoms with Crippen LogP contribution in [0.4, 0.5) is 25.2 Å². The summed E-state index contributed by atoms with van der Waals surface area (Å²) in [6, 6.07) is 5.13. The van der Waals surface area contributed by atoms with Crippen LogP contribution in [0.2, 0.25) is 0 Å². The fourth-order valence-electron chi connectivity index (χ4n) is 6.00. The van der Waals surface area contributed by atoms with Gasteiger partial charge >= 0.3 is 11.0 Å². The number of morpholine rings is 1. The first-order valence-electron chi connectivity index (χ1n) is 16.2. The zero-order valence-corrected chi connectivity index (χ0v) is 28.6. The van der Waals surface area contributed by atoms with Crippen molar-refractivity contribution in [1.82, 2.24) is 33.9 Å². The minimum Gasteiger partial charge on any atom is -0.488 e. The lowest BCUT2D eigenvalue weighted by atomic mass is 10.2. The smallest absolute Gasteiger partial charge is 0.410 e. The van der Waals surface area contributed by atoms with E-state index in [-0.39, 0.29) is 35.5 Å². The Morgan fingerprint density at radius 1 is 1.08 bits per heavy atom. The molecule has 1 amide bonds. The molecule has 2 saturated heterocycles. The average molecular weight is 714 g/mol. The van der Waals surface area contributed by atoms with E-state index in [1.54, 1.807) is 37.5 Å². The van der Waals surface area contributed by atoms with Crippen molar-refractivity contribution in [2.45, 2.75) is 39.0 Å². The van der Waals surface area contributed by atoms with Crippen LogP contribution in [-0.4, -0.2) is 111 Å². The van der Waals surface area contributed by atoms with Crippen molar-refractivity contribution in [3.63, 3.8) is 0 Å². The highest BCUT2D eigenvalue weighted by Gasteiger charge is 2.32. The van der Waals surface area contributed by atoms with Crippen molar-refractivity contribution >= 4 is 45.1 Å². The number of furan rings is 1. The number of fused-ring (bicyclic) bond motifs is 3. The number of aromatic nitrogens is 5. The summed E-state index contributed by atoms with van der Waals surface area (Å²) in [7, 11) is 0. The van der Waals surface area contributed by atoms with Gasteiger partial charge in [0.2, 0.25) is 11.8 Å². The van der Waals surface area contributed by atoms with Gasteiger partial charge < -0.3 is 29.3 Å². The number of carbonyl (C=O) groups is 1. The number of anilines is 2. The zero-order chi connectivity index (χ0) is 35.2. The molecule has 0 bridgehead atoms. The molecule has 5 aromatic rings. The van der Waals surface area contributed by atoms with Gasteiger partial charge in [0.25, 0.3) is 0 Å². The quantitative estimate of drug-likeness (QED) is 0.250. The molecular weight excluding hydrogens is 676 g/mol. The first-order valence-corrected chi connectivity index (χ1v) is 17.0. The van der Waals surface area contributed by atoms with Crippen LogP contribution in [0.1, 0.15) is 20.8 Å². The first kappa shape index (κ1) is 33.7. The molecule has 2 N–H and O–H groups in total. The third-order valence-electron chi connectivity index (χ3n) is 8.50. The number of hydrogen-bond acceptors (Lipinski definition) is 13. The predicted octanol–water partition coefficient (Wildman–Crippen LogP) is 3.46. The second kappa shape index (κ2) is 13.5. The van der Waals surface area contributed by atoms with Crippen LogP contribution in [-0.2, 0) is 16.0 Å². The number of ether oxygens (including phenoxy) is 3. The number of benzene rings is 1. The van der Waals surface area contributed by atoms with E-state index in [1.807, 2.05) is 4.90 Å². The number of nitrogens with two attached hydrogens (primary N) is 1. The second-order valence-corrected chi connectivity index (χ2v) is 14.0. The fourth-order valence-corrected chi connectivity index (χ4v) is 6.93. The maximum absolute atomic E-state index is 15.1. The van der Waals surface area contributed by atoms with Crippen molar-refractivity contribution in [1.29, 1.82) is 0 Å². The summed E-state index contributed by atoms with van der Waals surface area (Å²) in [5.41, 5.74) is 6.60. The lowest BCUT2D eigenvalue weighted by Crippen LogP contribution is -2.52. The number of hydrogen-bond donors (Lipinski definition) is 1. The van der Waals surface area contributed by atoms with E-state index in [2.05, 4.69) is 20.0 Å². The topological polar surface area (TPSA) is 159 Å². The summed E-state index contributed by atoms with van der Waals surface area (Å²) in [4.78, 5) is 40.2. The molecule has 1 atom stereocenters. The molecule has 50 heavy (non-hydrogen) atoms. The van der Waals surface area contributed by atoms with Crippen molar-refractivity contribution in [3.05, 3.63) is 51.8 Å². The molecule has 0 radical (unpaired) electrons. The second-order valence-electron chi connectivity index (χ2n) is 13.1. The van der Waals surface area contributed by atoms with E-state index in [4.69, 9.17) is 24.4 Å². The van der Waals surface area contributed by atoms with E-state index in [1.165, 1.54) is 21.7 Å². The van der Waals surface area contributed by atoms with Crippen molar-refractivity contribution < 1.29 is 32.2 Å². The van der Waals surface area contributed by atoms with Gasteiger partial charge in [0, 0.05) is 57.9 Å². The molecule has 1 aromatic carbocycles. The van der Waals surface area contributed by atoms with Gasteiger partial charge in [0.15, 0.2) is 28.6 Å². The molecule has 0 saturated carbocycles. The number of thiazole rings is 1. The van der Waals surface area contributed by atoms with Gasteiger partial charge in [-0.05, 0) is 32.9 Å². The van der Waals surface area contributed by atoms with Crippen molar-refractivity contribution in [2.75, 3.05) is 69.7 Å². The molecule has 266 valence electrons. The number of nitrogens with zero attached hydrogens (tertiary/aromatic N) is 8. The van der Waals surface area contributed by atoms with Gasteiger partial charge in [-0.2, -0.15) is 9.50 Å². The molecule has 0 aliphatic carbocycles. The van der Waals surface area contributed by atoms with Crippen LogP contribution in [0.25, 0.3) is 27.6 Å². The number of amides is 1. The maximum Gasteiger partial charge on any atom is 0.410 e. The van der Waals surface area contributed by atoms with Gasteiger partial charge in [-0.25, -0.2) is 18.6 Å². The van der Waals surface area contributed by atoms with Crippen molar-refractivity contribution in [2.24, 2.45) is 0 Å². The Bertz CT molecular complexity index is 2070. The number of nitrogen functional groups attached to an aromatic ring is 1.